The lowest BCUT2D eigenvalue weighted by Gasteiger charge is -2.17. The van der Waals surface area contributed by atoms with E-state index in [2.05, 4.69) is 156 Å². The summed E-state index contributed by atoms with van der Waals surface area (Å²) in [7, 11) is 0. The van der Waals surface area contributed by atoms with E-state index < -0.39 is 0 Å². The lowest BCUT2D eigenvalue weighted by Crippen LogP contribution is -1.92. The highest BCUT2D eigenvalue weighted by Crippen LogP contribution is 2.48. The van der Waals surface area contributed by atoms with E-state index >= 15 is 0 Å². The third-order valence-electron chi connectivity index (χ3n) is 9.40. The molecule has 0 radical (unpaired) electrons. The quantitative estimate of drug-likeness (QED) is 0.205. The average molecular weight is 591 g/mol. The molecule has 45 heavy (non-hydrogen) atoms. The highest BCUT2D eigenvalue weighted by molar-refractivity contribution is 7.25. The van der Waals surface area contributed by atoms with E-state index in [4.69, 9.17) is 0 Å². The minimum atomic E-state index is 1.16. The SMILES string of the molecule is c1ccc(-c2cccc3c2[nH]c2ccccc23)c(-c2ccc3c([nH]c4ccccc43)c2-c2cccc3sc4ccccc4c23)c1. The Bertz CT molecular complexity index is 2770. The van der Waals surface area contributed by atoms with Crippen molar-refractivity contribution >= 4 is 75.1 Å². The van der Waals surface area contributed by atoms with Crippen LogP contribution in [0.25, 0.3) is 97.2 Å². The summed E-state index contributed by atoms with van der Waals surface area (Å²) in [6.07, 6.45) is 0. The van der Waals surface area contributed by atoms with Crippen molar-refractivity contribution in [1.29, 1.82) is 0 Å². The number of aromatic nitrogens is 2. The molecule has 3 heterocycles. The van der Waals surface area contributed by atoms with E-state index in [0.29, 0.717) is 0 Å². The zero-order valence-corrected chi connectivity index (χ0v) is 25.1. The van der Waals surface area contributed by atoms with Gasteiger partial charge in [0, 0.05) is 63.9 Å². The lowest BCUT2D eigenvalue weighted by atomic mass is 9.86. The van der Waals surface area contributed by atoms with Crippen LogP contribution in [0.2, 0.25) is 0 Å². The van der Waals surface area contributed by atoms with Crippen molar-refractivity contribution in [1.82, 2.24) is 9.97 Å². The van der Waals surface area contributed by atoms with Gasteiger partial charge in [0.25, 0.3) is 0 Å². The van der Waals surface area contributed by atoms with Crippen LogP contribution < -0.4 is 0 Å². The van der Waals surface area contributed by atoms with Crippen molar-refractivity contribution in [3.05, 3.63) is 146 Å². The largest absolute Gasteiger partial charge is 0.354 e. The van der Waals surface area contributed by atoms with Crippen molar-refractivity contribution in [2.75, 3.05) is 0 Å². The second-order valence-corrected chi connectivity index (χ2v) is 12.9. The predicted molar refractivity (Wildman–Crippen MR) is 194 cm³/mol. The van der Waals surface area contributed by atoms with E-state index in [1.54, 1.807) is 0 Å². The topological polar surface area (TPSA) is 31.6 Å². The van der Waals surface area contributed by atoms with E-state index in [-0.39, 0.29) is 0 Å². The first-order chi connectivity index (χ1) is 22.3. The number of para-hydroxylation sites is 3. The van der Waals surface area contributed by atoms with Gasteiger partial charge in [-0.15, -0.1) is 11.3 Å². The second kappa shape index (κ2) is 9.43. The molecular formula is C42H26N2S. The number of fused-ring (bicyclic) bond motifs is 9. The summed E-state index contributed by atoms with van der Waals surface area (Å²) in [4.78, 5) is 7.62. The first-order valence-electron chi connectivity index (χ1n) is 15.4. The van der Waals surface area contributed by atoms with Crippen molar-refractivity contribution in [2.45, 2.75) is 0 Å². The lowest BCUT2D eigenvalue weighted by molar-refractivity contribution is 1.52. The Labute approximate surface area is 263 Å². The molecule has 0 saturated heterocycles. The molecule has 0 unspecified atom stereocenters. The van der Waals surface area contributed by atoms with Gasteiger partial charge in [-0.05, 0) is 46.5 Å². The van der Waals surface area contributed by atoms with Crippen LogP contribution in [0.5, 0.6) is 0 Å². The van der Waals surface area contributed by atoms with Gasteiger partial charge in [0.1, 0.15) is 0 Å². The van der Waals surface area contributed by atoms with Crippen LogP contribution in [0, 0.1) is 0 Å². The summed E-state index contributed by atoms with van der Waals surface area (Å²) in [5.74, 6) is 0. The molecule has 0 atom stereocenters. The van der Waals surface area contributed by atoms with Gasteiger partial charge >= 0.3 is 0 Å². The van der Waals surface area contributed by atoms with Crippen molar-refractivity contribution in [2.24, 2.45) is 0 Å². The van der Waals surface area contributed by atoms with E-state index in [0.717, 1.165) is 11.0 Å². The average Bonchev–Trinajstić information content (AvgIpc) is 3.79. The van der Waals surface area contributed by atoms with Gasteiger partial charge in [-0.1, -0.05) is 121 Å². The van der Waals surface area contributed by atoms with E-state index in [1.165, 1.54) is 86.1 Å². The molecule has 0 aliphatic heterocycles. The molecule has 10 rings (SSSR count). The van der Waals surface area contributed by atoms with E-state index in [9.17, 15) is 0 Å². The number of nitrogens with one attached hydrogen (secondary N) is 2. The highest BCUT2D eigenvalue weighted by Gasteiger charge is 2.22. The second-order valence-electron chi connectivity index (χ2n) is 11.8. The maximum Gasteiger partial charge on any atom is 0.0551 e. The minimum absolute atomic E-state index is 1.16. The predicted octanol–water partition coefficient (Wildman–Crippen LogP) is 12.3. The molecule has 10 aromatic rings. The number of thiophene rings is 1. The summed E-state index contributed by atoms with van der Waals surface area (Å²) < 4.78 is 2.63. The maximum atomic E-state index is 3.86. The number of H-pyrrole nitrogens is 2. The van der Waals surface area contributed by atoms with Crippen LogP contribution in [0.1, 0.15) is 0 Å². The Morgan fingerprint density at radius 2 is 0.867 bits per heavy atom. The Balaban J connectivity index is 1.34. The molecule has 3 aromatic heterocycles. The molecular weight excluding hydrogens is 565 g/mol. The standard InChI is InChI=1S/C42H26N2S/c1-2-12-26(30-16-9-17-31-27-13-3-6-19-35(27)43-41(30)31)25(11-1)29-23-24-32-28-14-4-7-20-36(28)44-42(32)40(29)34-18-10-22-38-39(34)33-15-5-8-21-37(33)45-38/h1-24,43-44H. The van der Waals surface area contributed by atoms with Crippen LogP contribution >= 0.6 is 11.3 Å². The van der Waals surface area contributed by atoms with Crippen LogP contribution in [-0.4, -0.2) is 9.97 Å². The van der Waals surface area contributed by atoms with Gasteiger partial charge in [0.05, 0.1) is 11.0 Å². The smallest absolute Gasteiger partial charge is 0.0551 e. The fourth-order valence-electron chi connectivity index (χ4n) is 7.46. The molecule has 3 heteroatoms. The van der Waals surface area contributed by atoms with Gasteiger partial charge < -0.3 is 9.97 Å². The van der Waals surface area contributed by atoms with Gasteiger partial charge in [0.15, 0.2) is 0 Å². The van der Waals surface area contributed by atoms with Gasteiger partial charge in [-0.3, -0.25) is 0 Å². The summed E-state index contributed by atoms with van der Waals surface area (Å²) in [5.41, 5.74) is 12.0. The summed E-state index contributed by atoms with van der Waals surface area (Å²) in [6, 6.07) is 53.1. The van der Waals surface area contributed by atoms with Crippen LogP contribution in [0.3, 0.4) is 0 Å². The first kappa shape index (κ1) is 24.8. The van der Waals surface area contributed by atoms with Gasteiger partial charge in [-0.2, -0.15) is 0 Å². The number of benzene rings is 7. The number of rotatable bonds is 3. The molecule has 0 spiro atoms. The molecule has 0 aliphatic carbocycles. The Hall–Kier alpha value is -5.64. The molecule has 0 bridgehead atoms. The molecule has 7 aromatic carbocycles. The molecule has 0 fully saturated rings. The van der Waals surface area contributed by atoms with Crippen LogP contribution in [0.4, 0.5) is 0 Å². The Morgan fingerprint density at radius 1 is 0.333 bits per heavy atom. The normalized spacial score (nSPS) is 12.0. The maximum absolute atomic E-state index is 3.86. The van der Waals surface area contributed by atoms with Crippen molar-refractivity contribution in [3.8, 4) is 33.4 Å². The van der Waals surface area contributed by atoms with Crippen molar-refractivity contribution < 1.29 is 0 Å². The van der Waals surface area contributed by atoms with Crippen molar-refractivity contribution in [3.63, 3.8) is 0 Å². The van der Waals surface area contributed by atoms with E-state index in [1.807, 2.05) is 11.3 Å². The summed E-state index contributed by atoms with van der Waals surface area (Å²) >= 11 is 1.87. The van der Waals surface area contributed by atoms with Gasteiger partial charge in [-0.25, -0.2) is 0 Å². The molecule has 210 valence electrons. The molecule has 0 saturated carbocycles. The fourth-order valence-corrected chi connectivity index (χ4v) is 8.59. The van der Waals surface area contributed by atoms with Crippen LogP contribution in [0.15, 0.2) is 146 Å². The number of hydrogen-bond donors (Lipinski definition) is 2. The third kappa shape index (κ3) is 3.56. The Kier molecular flexibility index (Phi) is 5.19. The molecule has 0 amide bonds. The first-order valence-corrected chi connectivity index (χ1v) is 16.2. The van der Waals surface area contributed by atoms with Crippen LogP contribution in [-0.2, 0) is 0 Å². The zero-order valence-electron chi connectivity index (χ0n) is 24.3. The zero-order chi connectivity index (χ0) is 29.5. The summed E-state index contributed by atoms with van der Waals surface area (Å²) in [6.45, 7) is 0. The molecule has 2 N–H and O–H groups in total. The fraction of sp³-hybridized carbons (Fsp3) is 0. The minimum Gasteiger partial charge on any atom is -0.354 e. The molecule has 0 aliphatic rings. The molecule has 2 nitrogen and oxygen atoms in total. The monoisotopic (exact) mass is 590 g/mol. The van der Waals surface area contributed by atoms with Gasteiger partial charge in [0.2, 0.25) is 0 Å². The Morgan fingerprint density at radius 3 is 1.67 bits per heavy atom. The summed E-state index contributed by atoms with van der Waals surface area (Å²) in [5, 5.41) is 7.63. The number of hydrogen-bond acceptors (Lipinski definition) is 1. The highest BCUT2D eigenvalue weighted by atomic mass is 32.1. The third-order valence-corrected chi connectivity index (χ3v) is 10.5. The number of aromatic amines is 2.